The first-order chi connectivity index (χ1) is 7.16. The van der Waals surface area contributed by atoms with E-state index in [0.29, 0.717) is 5.92 Å². The number of benzene rings is 1. The predicted octanol–water partition coefficient (Wildman–Crippen LogP) is 3.18. The highest BCUT2D eigenvalue weighted by Gasteiger charge is 2.09. The molecule has 2 heteroatoms. The first-order valence-electron chi connectivity index (χ1n) is 5.23. The molecule has 2 nitrogen and oxygen atoms in total. The van der Waals surface area contributed by atoms with Crippen molar-refractivity contribution >= 4 is 0 Å². The van der Waals surface area contributed by atoms with Crippen LogP contribution in [0.4, 0.5) is 0 Å². The van der Waals surface area contributed by atoms with Gasteiger partial charge in [0.25, 0.3) is 0 Å². The largest absolute Gasteiger partial charge is 0.348 e. The van der Waals surface area contributed by atoms with Crippen LogP contribution in [-0.2, 0) is 0 Å². The Kier molecular flexibility index (Phi) is 2.58. The van der Waals surface area contributed by atoms with Gasteiger partial charge in [-0.25, -0.2) is 4.98 Å². The maximum Gasteiger partial charge on any atom is 0.0921 e. The summed E-state index contributed by atoms with van der Waals surface area (Å²) in [5, 5.41) is 0. The molecule has 15 heavy (non-hydrogen) atoms. The van der Waals surface area contributed by atoms with Crippen LogP contribution < -0.4 is 0 Å². The molecule has 1 atom stereocenters. The smallest absolute Gasteiger partial charge is 0.0921 e. The Morgan fingerprint density at radius 2 is 1.80 bits per heavy atom. The number of hydrogen-bond donors (Lipinski definition) is 1. The summed E-state index contributed by atoms with van der Waals surface area (Å²) in [7, 11) is 0. The lowest BCUT2D eigenvalue weighted by molar-refractivity contribution is 0.879. The van der Waals surface area contributed by atoms with Gasteiger partial charge in [-0.3, -0.25) is 0 Å². The molecule has 0 aliphatic heterocycles. The standard InChI is InChI=1S/C13H16N2/c1-9-4-10(2)6-12(5-9)11(3)13-7-14-8-15-13/h4-8,11H,1-3H3,(H,14,15)/t11-/m0/s1. The average Bonchev–Trinajstić information content (AvgIpc) is 2.67. The van der Waals surface area contributed by atoms with Crippen molar-refractivity contribution in [2.45, 2.75) is 26.7 Å². The Balaban J connectivity index is 2.37. The van der Waals surface area contributed by atoms with Crippen molar-refractivity contribution < 1.29 is 0 Å². The third kappa shape index (κ3) is 2.09. The number of aromatic amines is 1. The molecule has 78 valence electrons. The summed E-state index contributed by atoms with van der Waals surface area (Å²) in [5.41, 5.74) is 5.14. The molecule has 0 bridgehead atoms. The Morgan fingerprint density at radius 1 is 1.13 bits per heavy atom. The summed E-state index contributed by atoms with van der Waals surface area (Å²) < 4.78 is 0. The summed E-state index contributed by atoms with van der Waals surface area (Å²) in [6.07, 6.45) is 3.62. The van der Waals surface area contributed by atoms with E-state index in [1.165, 1.54) is 22.4 Å². The van der Waals surface area contributed by atoms with Gasteiger partial charge in [0.2, 0.25) is 0 Å². The van der Waals surface area contributed by atoms with Crippen LogP contribution in [0.25, 0.3) is 0 Å². The molecule has 2 rings (SSSR count). The molecule has 0 fully saturated rings. The molecule has 0 saturated carbocycles. The Labute approximate surface area is 90.4 Å². The van der Waals surface area contributed by atoms with Gasteiger partial charge in [0.1, 0.15) is 0 Å². The van der Waals surface area contributed by atoms with E-state index < -0.39 is 0 Å². The summed E-state index contributed by atoms with van der Waals surface area (Å²) in [6.45, 7) is 6.47. The van der Waals surface area contributed by atoms with Gasteiger partial charge in [-0.05, 0) is 19.4 Å². The van der Waals surface area contributed by atoms with Gasteiger partial charge in [-0.2, -0.15) is 0 Å². The van der Waals surface area contributed by atoms with Crippen LogP contribution in [0.1, 0.15) is 35.2 Å². The number of rotatable bonds is 2. The Morgan fingerprint density at radius 3 is 2.33 bits per heavy atom. The van der Waals surface area contributed by atoms with Crippen molar-refractivity contribution in [3.05, 3.63) is 53.1 Å². The molecule has 0 unspecified atom stereocenters. The second kappa shape index (κ2) is 3.89. The highest BCUT2D eigenvalue weighted by atomic mass is 14.9. The number of nitrogens with one attached hydrogen (secondary N) is 1. The topological polar surface area (TPSA) is 28.7 Å². The fraction of sp³-hybridized carbons (Fsp3) is 0.308. The van der Waals surface area contributed by atoms with Gasteiger partial charge in [-0.15, -0.1) is 0 Å². The molecule has 1 aromatic carbocycles. The maximum absolute atomic E-state index is 4.06. The zero-order chi connectivity index (χ0) is 10.8. The Bertz CT molecular complexity index is 423. The van der Waals surface area contributed by atoms with Crippen LogP contribution in [0, 0.1) is 13.8 Å². The number of H-pyrrole nitrogens is 1. The molecule has 0 saturated heterocycles. The van der Waals surface area contributed by atoms with Crippen LogP contribution in [0.15, 0.2) is 30.7 Å². The third-order valence-corrected chi connectivity index (χ3v) is 2.73. The highest BCUT2D eigenvalue weighted by Crippen LogP contribution is 2.23. The zero-order valence-corrected chi connectivity index (χ0v) is 9.41. The quantitative estimate of drug-likeness (QED) is 0.792. The van der Waals surface area contributed by atoms with Crippen LogP contribution in [-0.4, -0.2) is 9.97 Å². The van der Waals surface area contributed by atoms with E-state index in [4.69, 9.17) is 0 Å². The van der Waals surface area contributed by atoms with Gasteiger partial charge >= 0.3 is 0 Å². The van der Waals surface area contributed by atoms with Crippen LogP contribution in [0.2, 0.25) is 0 Å². The molecule has 2 aromatic rings. The number of hydrogen-bond acceptors (Lipinski definition) is 1. The maximum atomic E-state index is 4.06. The summed E-state index contributed by atoms with van der Waals surface area (Å²) in [6, 6.07) is 6.67. The van der Waals surface area contributed by atoms with E-state index in [1.807, 2.05) is 6.20 Å². The van der Waals surface area contributed by atoms with Crippen molar-refractivity contribution in [2.24, 2.45) is 0 Å². The third-order valence-electron chi connectivity index (χ3n) is 2.73. The zero-order valence-electron chi connectivity index (χ0n) is 9.41. The minimum absolute atomic E-state index is 0.381. The SMILES string of the molecule is Cc1cc(C)cc([C@H](C)c2cnc[nH]2)c1. The first-order valence-corrected chi connectivity index (χ1v) is 5.23. The van der Waals surface area contributed by atoms with E-state index in [-0.39, 0.29) is 0 Å². The van der Waals surface area contributed by atoms with E-state index in [2.05, 4.69) is 48.9 Å². The van der Waals surface area contributed by atoms with E-state index >= 15 is 0 Å². The molecule has 0 radical (unpaired) electrons. The minimum Gasteiger partial charge on any atom is -0.348 e. The number of aryl methyl sites for hydroxylation is 2. The van der Waals surface area contributed by atoms with Gasteiger partial charge in [-0.1, -0.05) is 36.2 Å². The molecule has 0 aliphatic carbocycles. The molecular weight excluding hydrogens is 184 g/mol. The van der Waals surface area contributed by atoms with Crippen LogP contribution in [0.5, 0.6) is 0 Å². The molecule has 1 N–H and O–H groups in total. The second-order valence-corrected chi connectivity index (χ2v) is 4.15. The molecule has 0 aliphatic rings. The van der Waals surface area contributed by atoms with E-state index in [9.17, 15) is 0 Å². The predicted molar refractivity (Wildman–Crippen MR) is 62.0 cm³/mol. The molecule has 0 amide bonds. The van der Waals surface area contributed by atoms with Gasteiger partial charge in [0, 0.05) is 17.8 Å². The molecular formula is C13H16N2. The summed E-state index contributed by atoms with van der Waals surface area (Å²) in [4.78, 5) is 7.22. The summed E-state index contributed by atoms with van der Waals surface area (Å²) in [5.74, 6) is 0.381. The lowest BCUT2D eigenvalue weighted by atomic mass is 9.95. The van der Waals surface area contributed by atoms with Gasteiger partial charge < -0.3 is 4.98 Å². The fourth-order valence-electron chi connectivity index (χ4n) is 1.94. The van der Waals surface area contributed by atoms with Crippen molar-refractivity contribution in [3.63, 3.8) is 0 Å². The second-order valence-electron chi connectivity index (χ2n) is 4.15. The van der Waals surface area contributed by atoms with Crippen LogP contribution in [0.3, 0.4) is 0 Å². The van der Waals surface area contributed by atoms with Crippen molar-refractivity contribution in [3.8, 4) is 0 Å². The van der Waals surface area contributed by atoms with Crippen molar-refractivity contribution in [1.29, 1.82) is 0 Å². The van der Waals surface area contributed by atoms with Crippen molar-refractivity contribution in [1.82, 2.24) is 9.97 Å². The average molecular weight is 200 g/mol. The summed E-state index contributed by atoms with van der Waals surface area (Å²) >= 11 is 0. The normalized spacial score (nSPS) is 12.7. The lowest BCUT2D eigenvalue weighted by Gasteiger charge is -2.11. The minimum atomic E-state index is 0.381. The number of nitrogens with zero attached hydrogens (tertiary/aromatic N) is 1. The van der Waals surface area contributed by atoms with Gasteiger partial charge in [0.05, 0.1) is 6.33 Å². The first kappa shape index (κ1) is 9.97. The van der Waals surface area contributed by atoms with Gasteiger partial charge in [0.15, 0.2) is 0 Å². The molecule has 1 heterocycles. The highest BCUT2D eigenvalue weighted by molar-refractivity contribution is 5.34. The monoisotopic (exact) mass is 200 g/mol. The molecule has 0 spiro atoms. The number of imidazole rings is 1. The number of aromatic nitrogens is 2. The van der Waals surface area contributed by atoms with Crippen LogP contribution >= 0.6 is 0 Å². The lowest BCUT2D eigenvalue weighted by Crippen LogP contribution is -1.97. The van der Waals surface area contributed by atoms with Crippen molar-refractivity contribution in [2.75, 3.05) is 0 Å². The Hall–Kier alpha value is -1.57. The molecule has 1 aromatic heterocycles. The fourth-order valence-corrected chi connectivity index (χ4v) is 1.94. The van der Waals surface area contributed by atoms with E-state index in [0.717, 1.165) is 0 Å². The van der Waals surface area contributed by atoms with E-state index in [1.54, 1.807) is 6.33 Å².